The molecule has 0 N–H and O–H groups in total. The van der Waals surface area contributed by atoms with Gasteiger partial charge in [-0.2, -0.15) is 4.98 Å². The number of hydrogen-bond donors (Lipinski definition) is 0. The Bertz CT molecular complexity index is 1090. The Morgan fingerprint density at radius 3 is 2.52 bits per heavy atom. The second-order valence-corrected chi connectivity index (χ2v) is 8.91. The fraction of sp³-hybridized carbons (Fsp3) is 0.381. The number of anilines is 2. The lowest BCUT2D eigenvalue weighted by atomic mass is 10.0. The summed E-state index contributed by atoms with van der Waals surface area (Å²) in [6.07, 6.45) is 2.24. The van der Waals surface area contributed by atoms with Gasteiger partial charge in [0, 0.05) is 31.1 Å². The van der Waals surface area contributed by atoms with Gasteiger partial charge in [0.2, 0.25) is 33.6 Å². The number of carbonyl (C=O) groups is 2. The quantitative estimate of drug-likeness (QED) is 0.640. The van der Waals surface area contributed by atoms with Gasteiger partial charge in [-0.05, 0) is 30.5 Å². The van der Waals surface area contributed by atoms with Crippen molar-refractivity contribution < 1.29 is 27.5 Å². The molecule has 0 atom stereocenters. The van der Waals surface area contributed by atoms with Crippen molar-refractivity contribution in [2.75, 3.05) is 36.2 Å². The van der Waals surface area contributed by atoms with Crippen molar-refractivity contribution >= 4 is 33.2 Å². The van der Waals surface area contributed by atoms with Crippen LogP contribution in [0.3, 0.4) is 0 Å². The normalized spacial score (nSPS) is 13.3. The fourth-order valence-electron chi connectivity index (χ4n) is 3.58. The highest BCUT2D eigenvalue weighted by atomic mass is 32.2. The van der Waals surface area contributed by atoms with E-state index in [1.54, 1.807) is 4.90 Å². The molecule has 1 aromatic carbocycles. The van der Waals surface area contributed by atoms with Crippen molar-refractivity contribution in [3.05, 3.63) is 42.0 Å². The number of sulfonamides is 1. The minimum absolute atomic E-state index is 0.0356. The highest BCUT2D eigenvalue weighted by Crippen LogP contribution is 2.32. The third-order valence-corrected chi connectivity index (χ3v) is 6.02. The van der Waals surface area contributed by atoms with Crippen molar-refractivity contribution in [3.8, 4) is 11.8 Å². The number of fused-ring (bicyclic) bond motifs is 1. The van der Waals surface area contributed by atoms with Gasteiger partial charge < -0.3 is 14.4 Å². The van der Waals surface area contributed by atoms with Crippen molar-refractivity contribution in [1.82, 2.24) is 4.98 Å². The summed E-state index contributed by atoms with van der Waals surface area (Å²) in [4.78, 5) is 31.4. The minimum Gasteiger partial charge on any atom is -0.481 e. The smallest absolute Gasteiger partial charge is 0.242 e. The number of aromatic nitrogens is 1. The number of amides is 2. The van der Waals surface area contributed by atoms with Crippen molar-refractivity contribution in [3.63, 3.8) is 0 Å². The molecule has 0 bridgehead atoms. The van der Waals surface area contributed by atoms with Crippen LogP contribution >= 0.6 is 0 Å². The summed E-state index contributed by atoms with van der Waals surface area (Å²) in [7, 11) is -1.27. The minimum atomic E-state index is -3.99. The highest BCUT2D eigenvalue weighted by molar-refractivity contribution is 7.92. The average Bonchev–Trinajstić information content (AvgIpc) is 2.76. The fourth-order valence-corrected chi connectivity index (χ4v) is 4.53. The van der Waals surface area contributed by atoms with Crippen molar-refractivity contribution in [1.29, 1.82) is 0 Å². The van der Waals surface area contributed by atoms with Crippen LogP contribution < -0.4 is 18.7 Å². The number of pyridine rings is 1. The zero-order chi connectivity index (χ0) is 22.6. The Morgan fingerprint density at radius 2 is 1.84 bits per heavy atom. The van der Waals surface area contributed by atoms with Crippen LogP contribution in [-0.4, -0.2) is 52.2 Å². The maximum Gasteiger partial charge on any atom is 0.242 e. The molecule has 0 spiro atoms. The van der Waals surface area contributed by atoms with E-state index >= 15 is 0 Å². The number of para-hydroxylation sites is 1. The van der Waals surface area contributed by atoms with Crippen LogP contribution in [0.5, 0.6) is 11.8 Å². The predicted octanol–water partition coefficient (Wildman–Crippen LogP) is 2.15. The second kappa shape index (κ2) is 9.34. The van der Waals surface area contributed by atoms with Crippen molar-refractivity contribution in [2.24, 2.45) is 0 Å². The van der Waals surface area contributed by atoms with Crippen LogP contribution in [0.2, 0.25) is 0 Å². The van der Waals surface area contributed by atoms with Crippen LogP contribution in [0.4, 0.5) is 11.4 Å². The lowest BCUT2D eigenvalue weighted by Crippen LogP contribution is -2.39. The lowest BCUT2D eigenvalue weighted by molar-refractivity contribution is -0.123. The molecule has 0 aliphatic carbocycles. The molecule has 0 saturated heterocycles. The second-order valence-electron chi connectivity index (χ2n) is 7.08. The molecule has 166 valence electrons. The first-order chi connectivity index (χ1) is 14.8. The van der Waals surface area contributed by atoms with Gasteiger partial charge >= 0.3 is 0 Å². The Labute approximate surface area is 181 Å². The van der Waals surface area contributed by atoms with E-state index in [0.29, 0.717) is 10.8 Å². The molecule has 31 heavy (non-hydrogen) atoms. The van der Waals surface area contributed by atoms with Crippen LogP contribution in [0.15, 0.2) is 36.4 Å². The highest BCUT2D eigenvalue weighted by Gasteiger charge is 2.30. The molecule has 2 aromatic rings. The molecule has 2 heterocycles. The first kappa shape index (κ1) is 22.5. The SMILES string of the molecule is COc1ccc(N(C(=O)CCC(=O)N2CCCc3ccccc32)S(C)(=O)=O)c(OC)n1. The average molecular weight is 448 g/mol. The summed E-state index contributed by atoms with van der Waals surface area (Å²) in [5, 5.41) is 0. The summed E-state index contributed by atoms with van der Waals surface area (Å²) in [6.45, 7) is 0.566. The molecule has 1 aromatic heterocycles. The first-order valence-electron chi connectivity index (χ1n) is 9.76. The van der Waals surface area contributed by atoms with E-state index in [4.69, 9.17) is 9.47 Å². The monoisotopic (exact) mass is 447 g/mol. The third kappa shape index (κ3) is 4.96. The summed E-state index contributed by atoms with van der Waals surface area (Å²) in [5.41, 5.74) is 1.89. The van der Waals surface area contributed by atoms with Gasteiger partial charge in [-0.3, -0.25) is 9.59 Å². The van der Waals surface area contributed by atoms with E-state index in [1.165, 1.54) is 26.4 Å². The number of benzene rings is 1. The maximum atomic E-state index is 12.9. The zero-order valence-electron chi connectivity index (χ0n) is 17.7. The molecule has 10 heteroatoms. The first-order valence-corrected chi connectivity index (χ1v) is 11.6. The molecule has 1 aliphatic heterocycles. The third-order valence-electron chi connectivity index (χ3n) is 4.96. The Kier molecular flexibility index (Phi) is 6.79. The molecular weight excluding hydrogens is 422 g/mol. The van der Waals surface area contributed by atoms with Gasteiger partial charge in [0.25, 0.3) is 0 Å². The Hall–Kier alpha value is -3.14. The topological polar surface area (TPSA) is 106 Å². The van der Waals surface area contributed by atoms with Gasteiger partial charge in [-0.25, -0.2) is 12.7 Å². The van der Waals surface area contributed by atoms with Crippen molar-refractivity contribution in [2.45, 2.75) is 25.7 Å². The molecule has 0 radical (unpaired) electrons. The van der Waals surface area contributed by atoms with E-state index < -0.39 is 15.9 Å². The molecule has 3 rings (SSSR count). The van der Waals surface area contributed by atoms with E-state index in [9.17, 15) is 18.0 Å². The van der Waals surface area contributed by atoms with Gasteiger partial charge in [0.05, 0.1) is 20.5 Å². The van der Waals surface area contributed by atoms with E-state index in [-0.39, 0.29) is 36.2 Å². The number of hydrogen-bond acceptors (Lipinski definition) is 7. The summed E-state index contributed by atoms with van der Waals surface area (Å²) < 4.78 is 35.6. The molecule has 0 unspecified atom stereocenters. The Balaban J connectivity index is 1.80. The van der Waals surface area contributed by atoms with E-state index in [0.717, 1.165) is 30.3 Å². The van der Waals surface area contributed by atoms with Crippen LogP contribution in [0.1, 0.15) is 24.8 Å². The molecule has 9 nitrogen and oxygen atoms in total. The molecular formula is C21H25N3O6S. The summed E-state index contributed by atoms with van der Waals surface area (Å²) in [5.74, 6) is -0.838. The van der Waals surface area contributed by atoms with Crippen LogP contribution in [-0.2, 0) is 26.0 Å². The number of ether oxygens (including phenoxy) is 2. The lowest BCUT2D eigenvalue weighted by Gasteiger charge is -2.29. The Morgan fingerprint density at radius 1 is 1.10 bits per heavy atom. The van der Waals surface area contributed by atoms with Gasteiger partial charge in [0.1, 0.15) is 5.69 Å². The zero-order valence-corrected chi connectivity index (χ0v) is 18.5. The molecule has 0 saturated carbocycles. The van der Waals surface area contributed by atoms with Crippen LogP contribution in [0.25, 0.3) is 0 Å². The molecule has 0 fully saturated rings. The largest absolute Gasteiger partial charge is 0.481 e. The predicted molar refractivity (Wildman–Crippen MR) is 116 cm³/mol. The van der Waals surface area contributed by atoms with E-state index in [2.05, 4.69) is 4.98 Å². The number of aryl methyl sites for hydroxylation is 1. The molecule has 2 amide bonds. The number of methoxy groups -OCH3 is 2. The van der Waals surface area contributed by atoms with Gasteiger partial charge in [0.15, 0.2) is 0 Å². The van der Waals surface area contributed by atoms with Crippen LogP contribution in [0, 0.1) is 0 Å². The van der Waals surface area contributed by atoms with E-state index in [1.807, 2.05) is 24.3 Å². The number of rotatable bonds is 7. The summed E-state index contributed by atoms with van der Waals surface area (Å²) in [6, 6.07) is 10.5. The maximum absolute atomic E-state index is 12.9. The van der Waals surface area contributed by atoms with Gasteiger partial charge in [-0.15, -0.1) is 0 Å². The number of carbonyl (C=O) groups excluding carboxylic acids is 2. The standard InChI is InChI=1S/C21H25N3O6S/c1-29-18-11-10-17(21(22-18)30-2)24(31(3,27)28)20(26)13-12-19(25)23-14-6-8-15-7-4-5-9-16(15)23/h4-5,7,9-11H,6,8,12-14H2,1-3H3. The summed E-state index contributed by atoms with van der Waals surface area (Å²) >= 11 is 0. The van der Waals surface area contributed by atoms with Gasteiger partial charge in [-0.1, -0.05) is 18.2 Å². The molecule has 1 aliphatic rings. The number of nitrogens with zero attached hydrogens (tertiary/aromatic N) is 3.